The van der Waals surface area contributed by atoms with Crippen molar-refractivity contribution in [1.82, 2.24) is 5.32 Å². The second kappa shape index (κ2) is 10.3. The lowest BCUT2D eigenvalue weighted by Gasteiger charge is -2.05. The number of nitrogens with one attached hydrogen (secondary N) is 1. The highest BCUT2D eigenvalue weighted by Crippen LogP contribution is 2.11. The minimum absolute atomic E-state index is 0.0753. The third-order valence-electron chi connectivity index (χ3n) is 3.69. The fraction of sp³-hybridized carbons (Fsp3) is 0.190. The fourth-order valence-corrected chi connectivity index (χ4v) is 2.37. The van der Waals surface area contributed by atoms with Gasteiger partial charge in [-0.15, -0.1) is 0 Å². The van der Waals surface area contributed by atoms with Crippen molar-refractivity contribution >= 4 is 35.3 Å². The summed E-state index contributed by atoms with van der Waals surface area (Å²) in [5.41, 5.74) is 2.27. The molecule has 0 saturated carbocycles. The van der Waals surface area contributed by atoms with E-state index in [2.05, 4.69) is 5.32 Å². The van der Waals surface area contributed by atoms with Gasteiger partial charge in [0.2, 0.25) is 5.91 Å². The van der Waals surface area contributed by atoms with E-state index in [1.807, 2.05) is 12.1 Å². The maximum atomic E-state index is 12.1. The van der Waals surface area contributed by atoms with Crippen molar-refractivity contribution in [1.29, 1.82) is 0 Å². The minimum atomic E-state index is -0.592. The zero-order valence-corrected chi connectivity index (χ0v) is 15.7. The summed E-state index contributed by atoms with van der Waals surface area (Å²) >= 11 is 5.79. The zero-order valence-electron chi connectivity index (χ0n) is 14.9. The molecule has 1 amide bonds. The van der Waals surface area contributed by atoms with Gasteiger partial charge in [0.25, 0.3) is 0 Å². The predicted octanol–water partition coefficient (Wildman–Crippen LogP) is 3.46. The number of benzene rings is 2. The second-order valence-electron chi connectivity index (χ2n) is 5.85. The third-order valence-corrected chi connectivity index (χ3v) is 3.94. The van der Waals surface area contributed by atoms with E-state index in [0.29, 0.717) is 23.6 Å². The average molecular weight is 386 g/mol. The second-order valence-corrected chi connectivity index (χ2v) is 6.28. The van der Waals surface area contributed by atoms with Crippen molar-refractivity contribution in [2.45, 2.75) is 13.3 Å². The molecule has 2 aromatic rings. The topological polar surface area (TPSA) is 72.5 Å². The van der Waals surface area contributed by atoms with Crippen molar-refractivity contribution < 1.29 is 19.1 Å². The number of ketones is 1. The van der Waals surface area contributed by atoms with Crippen LogP contribution in [0.25, 0.3) is 6.08 Å². The molecule has 0 saturated heterocycles. The summed E-state index contributed by atoms with van der Waals surface area (Å²) in [7, 11) is 0. The molecule has 0 radical (unpaired) electrons. The molecule has 6 heteroatoms. The van der Waals surface area contributed by atoms with Gasteiger partial charge in [-0.2, -0.15) is 0 Å². The highest BCUT2D eigenvalue weighted by molar-refractivity contribution is 6.30. The molecular formula is C21H20ClNO4. The van der Waals surface area contributed by atoms with Gasteiger partial charge >= 0.3 is 5.97 Å². The molecular weight excluding hydrogens is 366 g/mol. The Morgan fingerprint density at radius 1 is 1.04 bits per heavy atom. The molecule has 0 heterocycles. The van der Waals surface area contributed by atoms with E-state index in [4.69, 9.17) is 16.3 Å². The lowest BCUT2D eigenvalue weighted by Crippen LogP contribution is -2.22. The fourth-order valence-electron chi connectivity index (χ4n) is 2.25. The number of hydrogen-bond donors (Lipinski definition) is 1. The highest BCUT2D eigenvalue weighted by atomic mass is 35.5. The Kier molecular flexibility index (Phi) is 7.77. The zero-order chi connectivity index (χ0) is 19.6. The van der Waals surface area contributed by atoms with Crippen LogP contribution >= 0.6 is 11.6 Å². The van der Waals surface area contributed by atoms with Gasteiger partial charge in [0, 0.05) is 30.1 Å². The van der Waals surface area contributed by atoms with Crippen LogP contribution in [0.5, 0.6) is 0 Å². The minimum Gasteiger partial charge on any atom is -0.454 e. The smallest absolute Gasteiger partial charge is 0.331 e. The van der Waals surface area contributed by atoms with Crippen LogP contribution < -0.4 is 5.32 Å². The summed E-state index contributed by atoms with van der Waals surface area (Å²) < 4.78 is 4.98. The quantitative estimate of drug-likeness (QED) is 0.429. The molecule has 1 N–H and O–H groups in total. The summed E-state index contributed by atoms with van der Waals surface area (Å²) in [5, 5.41) is 3.33. The molecule has 140 valence electrons. The monoisotopic (exact) mass is 385 g/mol. The van der Waals surface area contributed by atoms with Crippen molar-refractivity contribution in [3.63, 3.8) is 0 Å². The first-order chi connectivity index (χ1) is 12.9. The molecule has 0 aliphatic heterocycles. The average Bonchev–Trinajstić information content (AvgIpc) is 2.66. The van der Waals surface area contributed by atoms with Gasteiger partial charge in [0.05, 0.1) is 0 Å². The number of hydrogen-bond acceptors (Lipinski definition) is 4. The SMILES string of the molecule is CC(=O)NCCc1ccc(C(=O)COC(=O)/C=C/c2ccc(Cl)cc2)cc1. The molecule has 0 fully saturated rings. The maximum Gasteiger partial charge on any atom is 0.331 e. The molecule has 27 heavy (non-hydrogen) atoms. The molecule has 0 bridgehead atoms. The third kappa shape index (κ3) is 7.46. The summed E-state index contributed by atoms with van der Waals surface area (Å²) in [4.78, 5) is 34.7. The number of esters is 1. The van der Waals surface area contributed by atoms with Crippen molar-refractivity contribution in [3.05, 3.63) is 76.3 Å². The lowest BCUT2D eigenvalue weighted by atomic mass is 10.1. The number of Topliss-reactive ketones (excluding diaryl/α,β-unsaturated/α-hetero) is 1. The number of ether oxygens (including phenoxy) is 1. The summed E-state index contributed by atoms with van der Waals surface area (Å²) in [6.07, 6.45) is 3.53. The Bertz CT molecular complexity index is 826. The Labute approximate surface area is 163 Å². The Hall–Kier alpha value is -2.92. The molecule has 2 aromatic carbocycles. The number of amides is 1. The van der Waals surface area contributed by atoms with Gasteiger partial charge in [0.1, 0.15) is 0 Å². The van der Waals surface area contributed by atoms with Gasteiger partial charge in [-0.1, -0.05) is 48.0 Å². The van der Waals surface area contributed by atoms with Gasteiger partial charge < -0.3 is 10.1 Å². The van der Waals surface area contributed by atoms with E-state index in [0.717, 1.165) is 11.1 Å². The largest absolute Gasteiger partial charge is 0.454 e. The maximum absolute atomic E-state index is 12.1. The molecule has 0 spiro atoms. The first-order valence-electron chi connectivity index (χ1n) is 8.41. The van der Waals surface area contributed by atoms with Crippen LogP contribution in [0.2, 0.25) is 5.02 Å². The molecule has 0 aromatic heterocycles. The molecule has 0 aliphatic rings. The normalized spacial score (nSPS) is 10.6. The lowest BCUT2D eigenvalue weighted by molar-refractivity contribution is -0.136. The summed E-state index contributed by atoms with van der Waals surface area (Å²) in [6.45, 7) is 1.68. The summed E-state index contributed by atoms with van der Waals surface area (Å²) in [6, 6.07) is 14.0. The van der Waals surface area contributed by atoms with Crippen LogP contribution in [-0.2, 0) is 20.7 Å². The van der Waals surface area contributed by atoms with E-state index in [1.54, 1.807) is 42.5 Å². The Balaban J connectivity index is 1.79. The number of carbonyl (C=O) groups excluding carboxylic acids is 3. The molecule has 5 nitrogen and oxygen atoms in total. The Morgan fingerprint density at radius 2 is 1.70 bits per heavy atom. The van der Waals surface area contributed by atoms with Crippen LogP contribution in [0, 0.1) is 0 Å². The molecule has 2 rings (SSSR count). The van der Waals surface area contributed by atoms with E-state index in [9.17, 15) is 14.4 Å². The standard InChI is InChI=1S/C21H20ClNO4/c1-15(24)23-13-12-17-2-7-18(8-3-17)20(25)14-27-21(26)11-6-16-4-9-19(22)10-5-16/h2-11H,12-14H2,1H3,(H,23,24)/b11-6+. The van der Waals surface area contributed by atoms with E-state index < -0.39 is 5.97 Å². The van der Waals surface area contributed by atoms with Gasteiger partial charge in [-0.3, -0.25) is 9.59 Å². The van der Waals surface area contributed by atoms with Crippen LogP contribution in [0.4, 0.5) is 0 Å². The molecule has 0 atom stereocenters. The first kappa shape index (κ1) is 20.4. The van der Waals surface area contributed by atoms with Crippen molar-refractivity contribution in [3.8, 4) is 0 Å². The predicted molar refractivity (Wildman–Crippen MR) is 105 cm³/mol. The van der Waals surface area contributed by atoms with Gasteiger partial charge in [-0.05, 0) is 35.8 Å². The van der Waals surface area contributed by atoms with Crippen LogP contribution in [0.1, 0.15) is 28.4 Å². The first-order valence-corrected chi connectivity index (χ1v) is 8.79. The van der Waals surface area contributed by atoms with Crippen molar-refractivity contribution in [2.24, 2.45) is 0 Å². The van der Waals surface area contributed by atoms with Gasteiger partial charge in [0.15, 0.2) is 12.4 Å². The Morgan fingerprint density at radius 3 is 2.33 bits per heavy atom. The molecule has 0 unspecified atom stereocenters. The van der Waals surface area contributed by atoms with Gasteiger partial charge in [-0.25, -0.2) is 4.79 Å². The van der Waals surface area contributed by atoms with E-state index >= 15 is 0 Å². The number of carbonyl (C=O) groups is 3. The number of halogens is 1. The van der Waals surface area contributed by atoms with Crippen LogP contribution in [0.15, 0.2) is 54.6 Å². The number of rotatable bonds is 8. The van der Waals surface area contributed by atoms with E-state index in [-0.39, 0.29) is 18.3 Å². The van der Waals surface area contributed by atoms with Crippen molar-refractivity contribution in [2.75, 3.05) is 13.2 Å². The molecule has 0 aliphatic carbocycles. The van der Waals surface area contributed by atoms with Crippen LogP contribution in [0.3, 0.4) is 0 Å². The van der Waals surface area contributed by atoms with E-state index in [1.165, 1.54) is 13.0 Å². The summed E-state index contributed by atoms with van der Waals surface area (Å²) in [5.74, 6) is -0.949. The highest BCUT2D eigenvalue weighted by Gasteiger charge is 2.08. The van der Waals surface area contributed by atoms with Crippen LogP contribution in [-0.4, -0.2) is 30.8 Å².